The lowest BCUT2D eigenvalue weighted by atomic mass is 10.2. The standard InChI is InChI=1S/C21H14N4O2S2/c26-29(27,18-7-1-4-14-5-2-12-22-19(14)18)25-16-10-8-15(9-11-16)20-24-17-6-3-13-23-21(17)28-20/h1-13,25H. The second kappa shape index (κ2) is 6.91. The molecule has 0 aliphatic rings. The summed E-state index contributed by atoms with van der Waals surface area (Å²) in [6, 6.07) is 19.6. The van der Waals surface area contributed by atoms with Gasteiger partial charge in [0.2, 0.25) is 0 Å². The zero-order chi connectivity index (χ0) is 19.8. The predicted molar refractivity (Wildman–Crippen MR) is 115 cm³/mol. The molecular weight excluding hydrogens is 404 g/mol. The number of aromatic nitrogens is 3. The number of fused-ring (bicyclic) bond motifs is 2. The van der Waals surface area contributed by atoms with E-state index in [2.05, 4.69) is 19.7 Å². The van der Waals surface area contributed by atoms with Gasteiger partial charge in [0.25, 0.3) is 10.0 Å². The van der Waals surface area contributed by atoms with Crippen LogP contribution in [-0.4, -0.2) is 23.4 Å². The zero-order valence-corrected chi connectivity index (χ0v) is 16.6. The maximum atomic E-state index is 12.9. The van der Waals surface area contributed by atoms with E-state index >= 15 is 0 Å². The number of hydrogen-bond acceptors (Lipinski definition) is 6. The highest BCUT2D eigenvalue weighted by Gasteiger charge is 2.18. The maximum absolute atomic E-state index is 12.9. The summed E-state index contributed by atoms with van der Waals surface area (Å²) >= 11 is 1.50. The molecule has 0 atom stereocenters. The number of benzene rings is 2. The van der Waals surface area contributed by atoms with Gasteiger partial charge in [-0.25, -0.2) is 18.4 Å². The Hall–Kier alpha value is -3.36. The number of thiazole rings is 1. The topological polar surface area (TPSA) is 84.8 Å². The molecule has 0 unspecified atom stereocenters. The van der Waals surface area contributed by atoms with Crippen LogP contribution < -0.4 is 4.72 Å². The van der Waals surface area contributed by atoms with E-state index in [1.165, 1.54) is 11.3 Å². The molecule has 0 saturated heterocycles. The quantitative estimate of drug-likeness (QED) is 0.457. The third-order valence-electron chi connectivity index (χ3n) is 4.44. The normalized spacial score (nSPS) is 11.7. The van der Waals surface area contributed by atoms with Crippen molar-refractivity contribution >= 4 is 48.3 Å². The number of rotatable bonds is 4. The SMILES string of the molecule is O=S(=O)(Nc1ccc(-c2nc3cccnc3s2)cc1)c1cccc2cccnc12. The third-order valence-corrected chi connectivity index (χ3v) is 6.88. The van der Waals surface area contributed by atoms with Gasteiger partial charge in [-0.05, 0) is 48.5 Å². The number of pyridine rings is 2. The lowest BCUT2D eigenvalue weighted by Gasteiger charge is -2.10. The van der Waals surface area contributed by atoms with Crippen molar-refractivity contribution in [3.8, 4) is 10.6 Å². The third kappa shape index (κ3) is 3.32. The van der Waals surface area contributed by atoms with Gasteiger partial charge in [0.15, 0.2) is 0 Å². The second-order valence-corrected chi connectivity index (χ2v) is 8.99. The van der Waals surface area contributed by atoms with Crippen LogP contribution in [0.25, 0.3) is 31.8 Å². The van der Waals surface area contributed by atoms with E-state index in [1.807, 2.05) is 36.4 Å². The number of para-hydroxylation sites is 1. The number of nitrogens with one attached hydrogen (secondary N) is 1. The molecular formula is C21H14N4O2S2. The van der Waals surface area contributed by atoms with Gasteiger partial charge in [-0.3, -0.25) is 9.71 Å². The Morgan fingerprint density at radius 1 is 0.828 bits per heavy atom. The summed E-state index contributed by atoms with van der Waals surface area (Å²) < 4.78 is 28.5. The van der Waals surface area contributed by atoms with Crippen LogP contribution in [0.3, 0.4) is 0 Å². The lowest BCUT2D eigenvalue weighted by Crippen LogP contribution is -2.13. The van der Waals surface area contributed by atoms with E-state index in [4.69, 9.17) is 0 Å². The molecule has 2 aromatic carbocycles. The molecule has 0 aliphatic heterocycles. The first-order chi connectivity index (χ1) is 14.1. The van der Waals surface area contributed by atoms with E-state index in [0.717, 1.165) is 26.3 Å². The summed E-state index contributed by atoms with van der Waals surface area (Å²) in [5, 5.41) is 1.61. The molecule has 0 fully saturated rings. The van der Waals surface area contributed by atoms with Crippen LogP contribution in [0.1, 0.15) is 0 Å². The Morgan fingerprint density at radius 3 is 2.41 bits per heavy atom. The highest BCUT2D eigenvalue weighted by atomic mass is 32.2. The van der Waals surface area contributed by atoms with Crippen LogP contribution in [-0.2, 0) is 10.0 Å². The fourth-order valence-electron chi connectivity index (χ4n) is 3.08. The molecule has 29 heavy (non-hydrogen) atoms. The summed E-state index contributed by atoms with van der Waals surface area (Å²) in [4.78, 5) is 14.1. The Kier molecular flexibility index (Phi) is 4.22. The van der Waals surface area contributed by atoms with Crippen LogP contribution in [0, 0.1) is 0 Å². The molecule has 0 aliphatic carbocycles. The molecule has 3 aromatic heterocycles. The predicted octanol–water partition coefficient (Wildman–Crippen LogP) is 4.71. The molecule has 142 valence electrons. The maximum Gasteiger partial charge on any atom is 0.264 e. The Labute approximate surface area is 171 Å². The van der Waals surface area contributed by atoms with E-state index < -0.39 is 10.0 Å². The molecule has 6 nitrogen and oxygen atoms in total. The minimum absolute atomic E-state index is 0.150. The summed E-state index contributed by atoms with van der Waals surface area (Å²) in [5.41, 5.74) is 2.67. The van der Waals surface area contributed by atoms with Gasteiger partial charge in [0, 0.05) is 29.0 Å². The van der Waals surface area contributed by atoms with Crippen LogP contribution in [0.2, 0.25) is 0 Å². The van der Waals surface area contributed by atoms with Crippen molar-refractivity contribution in [2.45, 2.75) is 4.90 Å². The molecule has 0 radical (unpaired) electrons. The smallest absolute Gasteiger partial charge is 0.264 e. The van der Waals surface area contributed by atoms with Crippen molar-refractivity contribution in [1.29, 1.82) is 0 Å². The Morgan fingerprint density at radius 2 is 1.59 bits per heavy atom. The highest BCUT2D eigenvalue weighted by Crippen LogP contribution is 2.30. The van der Waals surface area contributed by atoms with Crippen LogP contribution in [0.15, 0.2) is 84.0 Å². The molecule has 0 amide bonds. The fraction of sp³-hybridized carbons (Fsp3) is 0. The molecule has 3 heterocycles. The van der Waals surface area contributed by atoms with Crippen LogP contribution >= 0.6 is 11.3 Å². The van der Waals surface area contributed by atoms with Crippen molar-refractivity contribution < 1.29 is 8.42 Å². The van der Waals surface area contributed by atoms with Crippen molar-refractivity contribution in [1.82, 2.24) is 15.0 Å². The molecule has 1 N–H and O–H groups in total. The van der Waals surface area contributed by atoms with Crippen molar-refractivity contribution in [3.05, 3.63) is 79.1 Å². The summed E-state index contributed by atoms with van der Waals surface area (Å²) in [6.07, 6.45) is 3.33. The minimum atomic E-state index is -3.77. The van der Waals surface area contributed by atoms with Gasteiger partial charge >= 0.3 is 0 Å². The number of sulfonamides is 1. The molecule has 0 saturated carbocycles. The summed E-state index contributed by atoms with van der Waals surface area (Å²) in [5.74, 6) is 0. The first kappa shape index (κ1) is 17.7. The van der Waals surface area contributed by atoms with Gasteiger partial charge < -0.3 is 0 Å². The number of nitrogens with zero attached hydrogens (tertiary/aromatic N) is 3. The van der Waals surface area contributed by atoms with E-state index in [9.17, 15) is 8.42 Å². The Bertz CT molecular complexity index is 1410. The number of hydrogen-bond donors (Lipinski definition) is 1. The van der Waals surface area contributed by atoms with Crippen molar-refractivity contribution in [2.24, 2.45) is 0 Å². The number of anilines is 1. The molecule has 0 bridgehead atoms. The van der Waals surface area contributed by atoms with Gasteiger partial charge in [-0.1, -0.05) is 29.5 Å². The van der Waals surface area contributed by atoms with Crippen LogP contribution in [0.5, 0.6) is 0 Å². The minimum Gasteiger partial charge on any atom is -0.280 e. The van der Waals surface area contributed by atoms with Crippen LogP contribution in [0.4, 0.5) is 5.69 Å². The lowest BCUT2D eigenvalue weighted by molar-refractivity contribution is 0.602. The molecule has 5 aromatic rings. The molecule has 8 heteroatoms. The second-order valence-electron chi connectivity index (χ2n) is 6.36. The average molecular weight is 419 g/mol. The van der Waals surface area contributed by atoms with E-state index in [-0.39, 0.29) is 4.90 Å². The van der Waals surface area contributed by atoms with Gasteiger partial charge in [-0.15, -0.1) is 0 Å². The summed E-state index contributed by atoms with van der Waals surface area (Å²) in [7, 11) is -3.77. The first-order valence-electron chi connectivity index (χ1n) is 8.79. The van der Waals surface area contributed by atoms with E-state index in [1.54, 1.807) is 42.7 Å². The molecule has 0 spiro atoms. The van der Waals surface area contributed by atoms with Crippen molar-refractivity contribution in [3.63, 3.8) is 0 Å². The monoisotopic (exact) mass is 418 g/mol. The zero-order valence-electron chi connectivity index (χ0n) is 15.0. The fourth-order valence-corrected chi connectivity index (χ4v) is 5.23. The average Bonchev–Trinajstić information content (AvgIpc) is 3.18. The first-order valence-corrected chi connectivity index (χ1v) is 11.1. The largest absolute Gasteiger partial charge is 0.280 e. The Balaban J connectivity index is 1.45. The molecule has 5 rings (SSSR count). The van der Waals surface area contributed by atoms with E-state index in [0.29, 0.717) is 11.2 Å². The highest BCUT2D eigenvalue weighted by molar-refractivity contribution is 7.93. The van der Waals surface area contributed by atoms with Gasteiger partial charge in [0.1, 0.15) is 20.3 Å². The van der Waals surface area contributed by atoms with Gasteiger partial charge in [0.05, 0.1) is 5.52 Å². The van der Waals surface area contributed by atoms with Crippen molar-refractivity contribution in [2.75, 3.05) is 4.72 Å². The summed E-state index contributed by atoms with van der Waals surface area (Å²) in [6.45, 7) is 0. The van der Waals surface area contributed by atoms with Gasteiger partial charge in [-0.2, -0.15) is 0 Å².